The van der Waals surface area contributed by atoms with Crippen molar-refractivity contribution >= 4 is 51.8 Å². The molecule has 1 fully saturated rings. The SMILES string of the molecule is Cl.Nc1ncc(CN2CCN(Cc3ccc(Cl)s3)CC2)s1. The first-order chi connectivity index (χ1) is 9.69. The molecule has 1 aliphatic heterocycles. The summed E-state index contributed by atoms with van der Waals surface area (Å²) in [4.78, 5) is 11.6. The van der Waals surface area contributed by atoms with Gasteiger partial charge in [0.05, 0.1) is 4.34 Å². The number of piperazine rings is 1. The van der Waals surface area contributed by atoms with E-state index in [0.717, 1.165) is 43.6 Å². The molecule has 2 aromatic heterocycles. The predicted octanol–water partition coefficient (Wildman–Crippen LogP) is 3.18. The molecule has 2 aromatic rings. The van der Waals surface area contributed by atoms with Crippen molar-refractivity contribution in [3.05, 3.63) is 32.4 Å². The summed E-state index contributed by atoms with van der Waals surface area (Å²) in [7, 11) is 0. The van der Waals surface area contributed by atoms with Gasteiger partial charge in [-0.2, -0.15) is 0 Å². The summed E-state index contributed by atoms with van der Waals surface area (Å²) >= 11 is 9.23. The second-order valence-electron chi connectivity index (χ2n) is 4.92. The summed E-state index contributed by atoms with van der Waals surface area (Å²) in [6, 6.07) is 4.10. The van der Waals surface area contributed by atoms with Gasteiger partial charge < -0.3 is 5.73 Å². The maximum Gasteiger partial charge on any atom is 0.180 e. The van der Waals surface area contributed by atoms with Crippen LogP contribution < -0.4 is 5.73 Å². The number of nitrogen functional groups attached to an aromatic ring is 1. The molecule has 3 rings (SSSR count). The molecule has 1 aliphatic rings. The van der Waals surface area contributed by atoms with E-state index in [0.29, 0.717) is 5.13 Å². The number of thiophene rings is 1. The molecule has 0 amide bonds. The van der Waals surface area contributed by atoms with E-state index in [1.807, 2.05) is 12.3 Å². The van der Waals surface area contributed by atoms with Crippen molar-refractivity contribution in [3.8, 4) is 0 Å². The van der Waals surface area contributed by atoms with E-state index >= 15 is 0 Å². The quantitative estimate of drug-likeness (QED) is 0.904. The van der Waals surface area contributed by atoms with Gasteiger partial charge in [-0.3, -0.25) is 9.80 Å². The third kappa shape index (κ3) is 4.81. The van der Waals surface area contributed by atoms with Gasteiger partial charge in [0, 0.05) is 55.2 Å². The molecule has 0 spiro atoms. The molecule has 0 unspecified atom stereocenters. The molecule has 0 bridgehead atoms. The first-order valence-corrected chi connectivity index (χ1v) is 8.59. The van der Waals surface area contributed by atoms with Crippen molar-refractivity contribution in [1.29, 1.82) is 0 Å². The lowest BCUT2D eigenvalue weighted by Gasteiger charge is -2.34. The van der Waals surface area contributed by atoms with Crippen molar-refractivity contribution in [2.75, 3.05) is 31.9 Å². The molecule has 0 aromatic carbocycles. The average molecular weight is 365 g/mol. The first-order valence-electron chi connectivity index (χ1n) is 6.58. The fourth-order valence-electron chi connectivity index (χ4n) is 2.38. The van der Waals surface area contributed by atoms with Crippen LogP contribution in [0.5, 0.6) is 0 Å². The number of hydrogen-bond donors (Lipinski definition) is 1. The van der Waals surface area contributed by atoms with Crippen molar-refractivity contribution < 1.29 is 0 Å². The molecule has 1 saturated heterocycles. The Morgan fingerprint density at radius 1 is 1.05 bits per heavy atom. The fraction of sp³-hybridized carbons (Fsp3) is 0.462. The van der Waals surface area contributed by atoms with Gasteiger partial charge in [-0.05, 0) is 12.1 Å². The Morgan fingerprint density at radius 2 is 1.67 bits per heavy atom. The van der Waals surface area contributed by atoms with E-state index in [2.05, 4.69) is 20.9 Å². The van der Waals surface area contributed by atoms with Crippen LogP contribution in [0.15, 0.2) is 18.3 Å². The van der Waals surface area contributed by atoms with Crippen LogP contribution in [0.1, 0.15) is 9.75 Å². The Kier molecular flexibility index (Phi) is 6.28. The zero-order valence-electron chi connectivity index (χ0n) is 11.5. The van der Waals surface area contributed by atoms with E-state index < -0.39 is 0 Å². The minimum absolute atomic E-state index is 0. The predicted molar refractivity (Wildman–Crippen MR) is 93.7 cm³/mol. The highest BCUT2D eigenvalue weighted by molar-refractivity contribution is 7.16. The third-order valence-corrected chi connectivity index (χ3v) is 5.45. The van der Waals surface area contributed by atoms with Crippen LogP contribution in [0.25, 0.3) is 0 Å². The normalized spacial score (nSPS) is 16.8. The van der Waals surface area contributed by atoms with Gasteiger partial charge in [-0.15, -0.1) is 35.1 Å². The average Bonchev–Trinajstić information content (AvgIpc) is 3.01. The van der Waals surface area contributed by atoms with Gasteiger partial charge in [0.15, 0.2) is 5.13 Å². The summed E-state index contributed by atoms with van der Waals surface area (Å²) < 4.78 is 0.876. The van der Waals surface area contributed by atoms with Gasteiger partial charge in [0.2, 0.25) is 0 Å². The monoisotopic (exact) mass is 364 g/mol. The van der Waals surface area contributed by atoms with Crippen LogP contribution in [-0.2, 0) is 13.1 Å². The molecule has 0 aliphatic carbocycles. The van der Waals surface area contributed by atoms with E-state index in [9.17, 15) is 0 Å². The summed E-state index contributed by atoms with van der Waals surface area (Å²) in [5.74, 6) is 0. The minimum atomic E-state index is 0. The van der Waals surface area contributed by atoms with Crippen LogP contribution in [0.3, 0.4) is 0 Å². The lowest BCUT2D eigenvalue weighted by molar-refractivity contribution is 0.123. The Hall–Kier alpha value is -0.370. The second kappa shape index (κ2) is 7.76. The first kappa shape index (κ1) is 17.0. The molecular weight excluding hydrogens is 347 g/mol. The number of hydrogen-bond acceptors (Lipinski definition) is 6. The van der Waals surface area contributed by atoms with Crippen molar-refractivity contribution in [2.24, 2.45) is 0 Å². The third-order valence-electron chi connectivity index (χ3n) is 3.42. The smallest absolute Gasteiger partial charge is 0.180 e. The zero-order valence-corrected chi connectivity index (χ0v) is 14.7. The summed E-state index contributed by atoms with van der Waals surface area (Å²) in [5.41, 5.74) is 5.66. The van der Waals surface area contributed by atoms with E-state index in [-0.39, 0.29) is 12.4 Å². The van der Waals surface area contributed by atoms with E-state index in [1.54, 1.807) is 22.7 Å². The molecule has 0 radical (unpaired) electrons. The fourth-order valence-corrected chi connectivity index (χ4v) is 4.24. The summed E-state index contributed by atoms with van der Waals surface area (Å²) in [6.07, 6.45) is 1.89. The lowest BCUT2D eigenvalue weighted by atomic mass is 10.3. The van der Waals surface area contributed by atoms with Gasteiger partial charge in [-0.25, -0.2) is 4.98 Å². The molecular formula is C13H18Cl2N4S2. The number of rotatable bonds is 4. The largest absolute Gasteiger partial charge is 0.375 e. The lowest BCUT2D eigenvalue weighted by Crippen LogP contribution is -2.45. The molecule has 2 N–H and O–H groups in total. The second-order valence-corrected chi connectivity index (χ2v) is 7.87. The highest BCUT2D eigenvalue weighted by Crippen LogP contribution is 2.23. The number of aromatic nitrogens is 1. The van der Waals surface area contributed by atoms with E-state index in [4.69, 9.17) is 17.3 Å². The Balaban J connectivity index is 0.00000161. The van der Waals surface area contributed by atoms with Crippen molar-refractivity contribution in [1.82, 2.24) is 14.8 Å². The number of nitrogens with zero attached hydrogens (tertiary/aromatic N) is 3. The molecule has 21 heavy (non-hydrogen) atoms. The molecule has 4 nitrogen and oxygen atoms in total. The highest BCUT2D eigenvalue weighted by Gasteiger charge is 2.18. The number of anilines is 1. The van der Waals surface area contributed by atoms with Gasteiger partial charge in [-0.1, -0.05) is 11.6 Å². The Morgan fingerprint density at radius 3 is 2.14 bits per heavy atom. The van der Waals surface area contributed by atoms with Crippen LogP contribution in [0.4, 0.5) is 5.13 Å². The highest BCUT2D eigenvalue weighted by atomic mass is 35.5. The molecule has 0 atom stereocenters. The van der Waals surface area contributed by atoms with Crippen LogP contribution in [-0.4, -0.2) is 41.0 Å². The van der Waals surface area contributed by atoms with Crippen molar-refractivity contribution in [2.45, 2.75) is 13.1 Å². The molecule has 8 heteroatoms. The van der Waals surface area contributed by atoms with Crippen LogP contribution >= 0.6 is 46.7 Å². The Labute approximate surface area is 143 Å². The van der Waals surface area contributed by atoms with E-state index in [1.165, 1.54) is 9.75 Å². The van der Waals surface area contributed by atoms with Gasteiger partial charge >= 0.3 is 0 Å². The summed E-state index contributed by atoms with van der Waals surface area (Å²) in [6.45, 7) is 6.37. The minimum Gasteiger partial charge on any atom is -0.375 e. The zero-order chi connectivity index (χ0) is 13.9. The Bertz CT molecular complexity index is 514. The number of halogens is 2. The molecule has 3 heterocycles. The molecule has 116 valence electrons. The van der Waals surface area contributed by atoms with Crippen LogP contribution in [0.2, 0.25) is 4.34 Å². The van der Waals surface area contributed by atoms with Crippen LogP contribution in [0, 0.1) is 0 Å². The van der Waals surface area contributed by atoms with Crippen molar-refractivity contribution in [3.63, 3.8) is 0 Å². The maximum atomic E-state index is 5.97. The standard InChI is InChI=1S/C13H17ClN4S2.ClH/c14-12-2-1-10(19-12)8-17-3-5-18(6-4-17)9-11-7-16-13(15)20-11;/h1-2,7H,3-6,8-9H2,(H2,15,16);1H. The maximum absolute atomic E-state index is 5.97. The molecule has 0 saturated carbocycles. The number of nitrogens with two attached hydrogens (primary N) is 1. The summed E-state index contributed by atoms with van der Waals surface area (Å²) in [5, 5.41) is 0.660. The number of thiazole rings is 1. The topological polar surface area (TPSA) is 45.4 Å². The van der Waals surface area contributed by atoms with Gasteiger partial charge in [0.1, 0.15) is 0 Å². The van der Waals surface area contributed by atoms with Gasteiger partial charge in [0.25, 0.3) is 0 Å².